The van der Waals surface area contributed by atoms with E-state index in [-0.39, 0.29) is 5.78 Å². The Kier molecular flexibility index (Phi) is 7.83. The first-order valence-corrected chi connectivity index (χ1v) is 9.68. The van der Waals surface area contributed by atoms with Crippen LogP contribution in [-0.2, 0) is 11.3 Å². The van der Waals surface area contributed by atoms with Crippen LogP contribution in [0.4, 0.5) is 0 Å². The molecular formula is C23H28N4O2. The predicted octanol–water partition coefficient (Wildman–Crippen LogP) is 4.56. The number of carbonyl (C=O) groups is 1. The van der Waals surface area contributed by atoms with Gasteiger partial charge in [0.15, 0.2) is 5.82 Å². The SMILES string of the molecule is CC.CC(C)=O.COc1ccc(C2=NCc3nnc(C)n3-c3ccccc32)cc1. The summed E-state index contributed by atoms with van der Waals surface area (Å²) in [6.45, 7) is 9.53. The van der Waals surface area contributed by atoms with E-state index in [0.717, 1.165) is 39.9 Å². The van der Waals surface area contributed by atoms with E-state index in [9.17, 15) is 4.79 Å². The number of methoxy groups -OCH3 is 1. The summed E-state index contributed by atoms with van der Waals surface area (Å²) in [5, 5.41) is 8.44. The van der Waals surface area contributed by atoms with Gasteiger partial charge in [0.25, 0.3) is 0 Å². The summed E-state index contributed by atoms with van der Waals surface area (Å²) in [4.78, 5) is 14.2. The van der Waals surface area contributed by atoms with Gasteiger partial charge in [-0.2, -0.15) is 0 Å². The number of rotatable bonds is 2. The van der Waals surface area contributed by atoms with E-state index in [1.54, 1.807) is 7.11 Å². The van der Waals surface area contributed by atoms with Crippen molar-refractivity contribution in [3.05, 3.63) is 71.3 Å². The number of para-hydroxylation sites is 1. The maximum absolute atomic E-state index is 9.44. The van der Waals surface area contributed by atoms with Crippen LogP contribution in [-0.4, -0.2) is 33.4 Å². The van der Waals surface area contributed by atoms with Gasteiger partial charge in [-0.05, 0) is 51.1 Å². The lowest BCUT2D eigenvalue weighted by Gasteiger charge is -2.12. The summed E-state index contributed by atoms with van der Waals surface area (Å²) in [7, 11) is 1.67. The van der Waals surface area contributed by atoms with E-state index >= 15 is 0 Å². The molecule has 0 bridgehead atoms. The number of aryl methyl sites for hydroxylation is 1. The standard InChI is InChI=1S/C18H16N4O.C3H6O.C2H6/c1-12-20-21-17-11-19-18(13-7-9-14(23-2)10-8-13)15-5-3-4-6-16(15)22(12)17;1-3(2)4;1-2/h3-10H,11H2,1-2H3;1-2H3;1-2H3. The van der Waals surface area contributed by atoms with Gasteiger partial charge in [0, 0.05) is 11.1 Å². The molecule has 0 atom stereocenters. The van der Waals surface area contributed by atoms with E-state index in [1.807, 2.05) is 57.2 Å². The lowest BCUT2D eigenvalue weighted by atomic mass is 10.0. The van der Waals surface area contributed by atoms with Crippen molar-refractivity contribution >= 4 is 11.5 Å². The second-order valence-electron chi connectivity index (χ2n) is 6.32. The fourth-order valence-corrected chi connectivity index (χ4v) is 2.92. The maximum Gasteiger partial charge on any atom is 0.159 e. The van der Waals surface area contributed by atoms with Gasteiger partial charge in [0.1, 0.15) is 23.9 Å². The van der Waals surface area contributed by atoms with Gasteiger partial charge in [-0.15, -0.1) is 10.2 Å². The number of nitrogens with zero attached hydrogens (tertiary/aromatic N) is 4. The fourth-order valence-electron chi connectivity index (χ4n) is 2.92. The molecule has 6 heteroatoms. The minimum atomic E-state index is 0.167. The van der Waals surface area contributed by atoms with Crippen molar-refractivity contribution in [2.45, 2.75) is 41.2 Å². The quantitative estimate of drug-likeness (QED) is 0.641. The predicted molar refractivity (Wildman–Crippen MR) is 116 cm³/mol. The van der Waals surface area contributed by atoms with Crippen LogP contribution in [0, 0.1) is 6.92 Å². The van der Waals surface area contributed by atoms with Crippen molar-refractivity contribution in [3.8, 4) is 11.4 Å². The van der Waals surface area contributed by atoms with Crippen LogP contribution in [0.2, 0.25) is 0 Å². The van der Waals surface area contributed by atoms with E-state index in [0.29, 0.717) is 6.54 Å². The molecule has 29 heavy (non-hydrogen) atoms. The van der Waals surface area contributed by atoms with Gasteiger partial charge in [-0.3, -0.25) is 9.56 Å². The number of hydrogen-bond acceptors (Lipinski definition) is 5. The molecule has 1 aromatic heterocycles. The molecule has 1 aliphatic rings. The largest absolute Gasteiger partial charge is 0.497 e. The lowest BCUT2D eigenvalue weighted by molar-refractivity contribution is -0.114. The summed E-state index contributed by atoms with van der Waals surface area (Å²) in [6, 6.07) is 16.2. The molecule has 0 radical (unpaired) electrons. The third-order valence-corrected chi connectivity index (χ3v) is 4.03. The maximum atomic E-state index is 9.44. The van der Waals surface area contributed by atoms with Crippen LogP contribution in [0.25, 0.3) is 5.69 Å². The molecule has 0 saturated heterocycles. The Hall–Kier alpha value is -3.28. The van der Waals surface area contributed by atoms with Gasteiger partial charge in [-0.25, -0.2) is 0 Å². The minimum absolute atomic E-state index is 0.167. The van der Waals surface area contributed by atoms with E-state index in [1.165, 1.54) is 13.8 Å². The molecule has 1 aliphatic heterocycles. The zero-order valence-electron chi connectivity index (χ0n) is 17.9. The van der Waals surface area contributed by atoms with Crippen molar-refractivity contribution in [1.29, 1.82) is 0 Å². The Morgan fingerprint density at radius 3 is 2.24 bits per heavy atom. The number of hydrogen-bond donors (Lipinski definition) is 0. The topological polar surface area (TPSA) is 69.4 Å². The Balaban J connectivity index is 0.000000449. The zero-order valence-corrected chi connectivity index (χ0v) is 17.9. The molecule has 0 spiro atoms. The highest BCUT2D eigenvalue weighted by Crippen LogP contribution is 2.26. The lowest BCUT2D eigenvalue weighted by Crippen LogP contribution is -2.08. The van der Waals surface area contributed by atoms with Crippen molar-refractivity contribution in [2.75, 3.05) is 7.11 Å². The fraction of sp³-hybridized carbons (Fsp3) is 0.304. The Labute approximate surface area is 172 Å². The first-order valence-electron chi connectivity index (χ1n) is 9.68. The van der Waals surface area contributed by atoms with Crippen LogP contribution < -0.4 is 4.74 Å². The molecule has 2 heterocycles. The molecule has 0 amide bonds. The third-order valence-electron chi connectivity index (χ3n) is 4.03. The van der Waals surface area contributed by atoms with Crippen LogP contribution >= 0.6 is 0 Å². The van der Waals surface area contributed by atoms with Crippen LogP contribution in [0.15, 0.2) is 53.5 Å². The van der Waals surface area contributed by atoms with Gasteiger partial charge in [0.2, 0.25) is 0 Å². The van der Waals surface area contributed by atoms with E-state index < -0.39 is 0 Å². The molecule has 0 fully saturated rings. The number of Topliss-reactive ketones (excluding diaryl/α,β-unsaturated/α-hetero) is 1. The van der Waals surface area contributed by atoms with E-state index in [4.69, 9.17) is 9.73 Å². The van der Waals surface area contributed by atoms with E-state index in [2.05, 4.69) is 26.9 Å². The van der Waals surface area contributed by atoms with Gasteiger partial charge >= 0.3 is 0 Å². The van der Waals surface area contributed by atoms with Gasteiger partial charge < -0.3 is 9.53 Å². The number of ether oxygens (including phenoxy) is 1. The highest BCUT2D eigenvalue weighted by atomic mass is 16.5. The van der Waals surface area contributed by atoms with Gasteiger partial charge in [-0.1, -0.05) is 32.0 Å². The Morgan fingerprint density at radius 2 is 1.62 bits per heavy atom. The highest BCUT2D eigenvalue weighted by Gasteiger charge is 2.20. The van der Waals surface area contributed by atoms with Crippen LogP contribution in [0.1, 0.15) is 50.5 Å². The van der Waals surface area contributed by atoms with Crippen molar-refractivity contribution in [2.24, 2.45) is 4.99 Å². The first-order chi connectivity index (χ1) is 14.0. The summed E-state index contributed by atoms with van der Waals surface area (Å²) >= 11 is 0. The monoisotopic (exact) mass is 392 g/mol. The number of carbonyl (C=O) groups excluding carboxylic acids is 1. The number of fused-ring (bicyclic) bond motifs is 3. The zero-order chi connectivity index (χ0) is 21.4. The summed E-state index contributed by atoms with van der Waals surface area (Å²) < 4.78 is 7.32. The Bertz CT molecular complexity index is 984. The molecule has 2 aromatic carbocycles. The minimum Gasteiger partial charge on any atom is -0.497 e. The second kappa shape index (κ2) is 10.3. The molecule has 6 nitrogen and oxygen atoms in total. The van der Waals surface area contributed by atoms with Crippen molar-refractivity contribution in [1.82, 2.24) is 14.8 Å². The molecule has 0 N–H and O–H groups in total. The smallest absolute Gasteiger partial charge is 0.159 e. The summed E-state index contributed by atoms with van der Waals surface area (Å²) in [6.07, 6.45) is 0. The van der Waals surface area contributed by atoms with Crippen LogP contribution in [0.3, 0.4) is 0 Å². The highest BCUT2D eigenvalue weighted by molar-refractivity contribution is 6.15. The van der Waals surface area contributed by atoms with Crippen molar-refractivity contribution in [3.63, 3.8) is 0 Å². The number of aromatic nitrogens is 3. The number of aliphatic imine (C=N–C) groups is 1. The number of ketones is 1. The number of benzene rings is 2. The molecule has 0 saturated carbocycles. The Morgan fingerprint density at radius 1 is 1.00 bits per heavy atom. The average molecular weight is 393 g/mol. The summed E-state index contributed by atoms with van der Waals surface area (Å²) in [5.74, 6) is 2.74. The average Bonchev–Trinajstić information content (AvgIpc) is 3.01. The molecule has 0 unspecified atom stereocenters. The molecule has 152 valence electrons. The third kappa shape index (κ3) is 5.16. The summed E-state index contributed by atoms with van der Waals surface area (Å²) in [5.41, 5.74) is 4.18. The molecule has 3 aromatic rings. The normalized spacial score (nSPS) is 11.3. The van der Waals surface area contributed by atoms with Gasteiger partial charge in [0.05, 0.1) is 18.5 Å². The van der Waals surface area contributed by atoms with Crippen LogP contribution in [0.5, 0.6) is 5.75 Å². The first kappa shape index (κ1) is 22.0. The molecule has 0 aliphatic carbocycles. The molecule has 4 rings (SSSR count). The molecular weight excluding hydrogens is 364 g/mol. The second-order valence-corrected chi connectivity index (χ2v) is 6.32. The van der Waals surface area contributed by atoms with Crippen molar-refractivity contribution < 1.29 is 9.53 Å².